The molecule has 1 aliphatic heterocycles. The summed E-state index contributed by atoms with van der Waals surface area (Å²) >= 11 is 0. The molecule has 1 aromatic carbocycles. The van der Waals surface area contributed by atoms with Crippen LogP contribution in [0.3, 0.4) is 0 Å². The van der Waals surface area contributed by atoms with Gasteiger partial charge in [0.25, 0.3) is 0 Å². The first-order valence-electron chi connectivity index (χ1n) is 9.48. The number of carbonyl (C=O) groups is 1. The van der Waals surface area contributed by atoms with Crippen molar-refractivity contribution in [1.82, 2.24) is 10.2 Å². The van der Waals surface area contributed by atoms with Crippen LogP contribution in [0.25, 0.3) is 0 Å². The zero-order valence-electron chi connectivity index (χ0n) is 16.3. The second-order valence-corrected chi connectivity index (χ2v) is 8.16. The average molecular weight is 362 g/mol. The Bertz CT molecular complexity index is 836. The Morgan fingerprint density at radius 2 is 1.96 bits per heavy atom. The molecule has 1 atom stereocenters. The summed E-state index contributed by atoms with van der Waals surface area (Å²) in [6.45, 7) is 8.15. The number of rotatable bonds is 6. The van der Waals surface area contributed by atoms with Gasteiger partial charge in [-0.3, -0.25) is 4.79 Å². The van der Waals surface area contributed by atoms with Crippen LogP contribution in [0.5, 0.6) is 0 Å². The van der Waals surface area contributed by atoms with Gasteiger partial charge in [-0.25, -0.2) is 0 Å². The predicted octanol–water partition coefficient (Wildman–Crippen LogP) is 3.89. The Morgan fingerprint density at radius 3 is 2.56 bits per heavy atom. The van der Waals surface area contributed by atoms with Crippen molar-refractivity contribution in [1.29, 1.82) is 5.26 Å². The molecule has 0 saturated carbocycles. The molecule has 1 fully saturated rings. The van der Waals surface area contributed by atoms with E-state index in [1.807, 2.05) is 12.1 Å². The summed E-state index contributed by atoms with van der Waals surface area (Å²) in [7, 11) is 0. The van der Waals surface area contributed by atoms with E-state index in [1.165, 1.54) is 5.56 Å². The SMILES string of the molecule is CC(C)c1ccc(CC(=O)C[C@@]2(C)CCN(c3ccc(C#N)nn3)C2)cc1. The van der Waals surface area contributed by atoms with E-state index in [9.17, 15) is 4.79 Å². The van der Waals surface area contributed by atoms with E-state index < -0.39 is 0 Å². The van der Waals surface area contributed by atoms with E-state index in [4.69, 9.17) is 5.26 Å². The number of nitrogens with zero attached hydrogens (tertiary/aromatic N) is 4. The molecule has 0 radical (unpaired) electrons. The summed E-state index contributed by atoms with van der Waals surface area (Å²) < 4.78 is 0. The standard InChI is InChI=1S/C22H26N4O/c1-16(2)18-6-4-17(5-7-18)12-20(27)13-22(3)10-11-26(15-22)21-9-8-19(14-23)24-25-21/h4-9,16H,10-13,15H2,1-3H3/t22-/m1/s1. The van der Waals surface area contributed by atoms with Gasteiger partial charge in [0.1, 0.15) is 11.9 Å². The highest BCUT2D eigenvalue weighted by atomic mass is 16.1. The van der Waals surface area contributed by atoms with Crippen molar-refractivity contribution in [3.63, 3.8) is 0 Å². The van der Waals surface area contributed by atoms with Crippen molar-refractivity contribution in [2.24, 2.45) is 5.41 Å². The summed E-state index contributed by atoms with van der Waals surface area (Å²) in [6, 6.07) is 13.9. The molecule has 2 aromatic rings. The number of ketones is 1. The van der Waals surface area contributed by atoms with Crippen molar-refractivity contribution >= 4 is 11.6 Å². The van der Waals surface area contributed by atoms with Gasteiger partial charge in [-0.15, -0.1) is 10.2 Å². The fraction of sp³-hybridized carbons (Fsp3) is 0.455. The van der Waals surface area contributed by atoms with E-state index >= 15 is 0 Å². The quantitative estimate of drug-likeness (QED) is 0.780. The monoisotopic (exact) mass is 362 g/mol. The summed E-state index contributed by atoms with van der Waals surface area (Å²) in [5.41, 5.74) is 2.65. The molecule has 5 nitrogen and oxygen atoms in total. The van der Waals surface area contributed by atoms with Crippen molar-refractivity contribution < 1.29 is 4.79 Å². The molecule has 1 saturated heterocycles. The van der Waals surface area contributed by atoms with Gasteiger partial charge in [0.15, 0.2) is 11.5 Å². The fourth-order valence-corrected chi connectivity index (χ4v) is 3.70. The van der Waals surface area contributed by atoms with Gasteiger partial charge in [-0.05, 0) is 41.0 Å². The van der Waals surface area contributed by atoms with E-state index in [0.717, 1.165) is 30.9 Å². The average Bonchev–Trinajstić information content (AvgIpc) is 3.03. The fourth-order valence-electron chi connectivity index (χ4n) is 3.70. The van der Waals surface area contributed by atoms with E-state index in [2.05, 4.69) is 60.1 Å². The second kappa shape index (κ2) is 7.87. The van der Waals surface area contributed by atoms with Crippen LogP contribution >= 0.6 is 0 Å². The highest BCUT2D eigenvalue weighted by Crippen LogP contribution is 2.35. The first-order valence-corrected chi connectivity index (χ1v) is 9.48. The maximum atomic E-state index is 12.6. The van der Waals surface area contributed by atoms with Gasteiger partial charge in [0, 0.05) is 25.9 Å². The number of anilines is 1. The normalized spacial score (nSPS) is 19.3. The Balaban J connectivity index is 1.58. The highest BCUT2D eigenvalue weighted by Gasteiger charge is 2.36. The van der Waals surface area contributed by atoms with Gasteiger partial charge >= 0.3 is 0 Å². The van der Waals surface area contributed by atoms with Crippen LogP contribution in [0.2, 0.25) is 0 Å². The maximum Gasteiger partial charge on any atom is 0.163 e. The van der Waals surface area contributed by atoms with Crippen LogP contribution < -0.4 is 4.90 Å². The van der Waals surface area contributed by atoms with Crippen LogP contribution in [0.15, 0.2) is 36.4 Å². The molecule has 0 unspecified atom stereocenters. The smallest absolute Gasteiger partial charge is 0.163 e. The Kier molecular flexibility index (Phi) is 5.55. The lowest BCUT2D eigenvalue weighted by Crippen LogP contribution is -2.28. The number of hydrogen-bond acceptors (Lipinski definition) is 5. The summed E-state index contributed by atoms with van der Waals surface area (Å²) in [6.07, 6.45) is 2.01. The lowest BCUT2D eigenvalue weighted by atomic mass is 9.83. The van der Waals surface area contributed by atoms with Crippen molar-refractivity contribution in [2.45, 2.75) is 46.0 Å². The van der Waals surface area contributed by atoms with Gasteiger partial charge in [-0.2, -0.15) is 5.26 Å². The molecule has 1 aliphatic rings. The molecular weight excluding hydrogens is 336 g/mol. The molecule has 27 heavy (non-hydrogen) atoms. The zero-order chi connectivity index (χ0) is 19.4. The second-order valence-electron chi connectivity index (χ2n) is 8.16. The third-order valence-corrected chi connectivity index (χ3v) is 5.32. The van der Waals surface area contributed by atoms with Gasteiger partial charge in [-0.1, -0.05) is 45.0 Å². The molecule has 3 rings (SSSR count). The molecule has 0 spiro atoms. The largest absolute Gasteiger partial charge is 0.355 e. The number of nitriles is 1. The van der Waals surface area contributed by atoms with E-state index in [-0.39, 0.29) is 11.2 Å². The third kappa shape index (κ3) is 4.71. The molecule has 0 bridgehead atoms. The van der Waals surface area contributed by atoms with Crippen LogP contribution in [0, 0.1) is 16.7 Å². The van der Waals surface area contributed by atoms with Gasteiger partial charge < -0.3 is 4.90 Å². The predicted molar refractivity (Wildman–Crippen MR) is 106 cm³/mol. The third-order valence-electron chi connectivity index (χ3n) is 5.32. The number of carbonyl (C=O) groups excluding carboxylic acids is 1. The highest BCUT2D eigenvalue weighted by molar-refractivity contribution is 5.81. The van der Waals surface area contributed by atoms with E-state index in [0.29, 0.717) is 24.5 Å². The minimum absolute atomic E-state index is 0.0511. The lowest BCUT2D eigenvalue weighted by Gasteiger charge is -2.24. The minimum Gasteiger partial charge on any atom is -0.355 e. The lowest BCUT2D eigenvalue weighted by molar-refractivity contribution is -0.120. The minimum atomic E-state index is -0.0511. The number of aromatic nitrogens is 2. The van der Waals surface area contributed by atoms with Crippen LogP contribution in [-0.4, -0.2) is 29.1 Å². The number of Topliss-reactive ketones (excluding diaryl/α,β-unsaturated/α-hetero) is 1. The molecule has 0 amide bonds. The Labute approximate surface area is 161 Å². The van der Waals surface area contributed by atoms with Crippen LogP contribution in [-0.2, 0) is 11.2 Å². The van der Waals surface area contributed by atoms with Crippen molar-refractivity contribution in [3.8, 4) is 6.07 Å². The van der Waals surface area contributed by atoms with Crippen LogP contribution in [0.4, 0.5) is 5.82 Å². The maximum absolute atomic E-state index is 12.6. The number of hydrogen-bond donors (Lipinski definition) is 0. The first kappa shape index (κ1) is 19.0. The van der Waals surface area contributed by atoms with Crippen molar-refractivity contribution in [2.75, 3.05) is 18.0 Å². The summed E-state index contributed by atoms with van der Waals surface area (Å²) in [4.78, 5) is 14.8. The summed E-state index contributed by atoms with van der Waals surface area (Å²) in [5, 5.41) is 16.9. The van der Waals surface area contributed by atoms with Crippen LogP contribution in [0.1, 0.15) is 56.4 Å². The zero-order valence-corrected chi connectivity index (χ0v) is 16.3. The molecular formula is C22H26N4O. The molecule has 140 valence electrons. The first-order chi connectivity index (χ1) is 12.9. The molecule has 0 N–H and O–H groups in total. The topological polar surface area (TPSA) is 69.9 Å². The van der Waals surface area contributed by atoms with Crippen molar-refractivity contribution in [3.05, 3.63) is 53.2 Å². The van der Waals surface area contributed by atoms with Gasteiger partial charge in [0.05, 0.1) is 0 Å². The Morgan fingerprint density at radius 1 is 1.22 bits per heavy atom. The molecule has 1 aromatic heterocycles. The molecule has 2 heterocycles. The summed E-state index contributed by atoms with van der Waals surface area (Å²) in [5.74, 6) is 1.56. The number of benzene rings is 1. The van der Waals surface area contributed by atoms with Gasteiger partial charge in [0.2, 0.25) is 0 Å². The Hall–Kier alpha value is -2.74. The molecule has 0 aliphatic carbocycles. The molecule has 5 heteroatoms. The van der Waals surface area contributed by atoms with E-state index in [1.54, 1.807) is 6.07 Å².